The molecule has 3 heteroatoms. The summed E-state index contributed by atoms with van der Waals surface area (Å²) in [5, 5.41) is 10.1. The van der Waals surface area contributed by atoms with Crippen LogP contribution in [0, 0.1) is 11.7 Å². The van der Waals surface area contributed by atoms with Crippen LogP contribution in [0.25, 0.3) is 0 Å². The van der Waals surface area contributed by atoms with E-state index in [0.29, 0.717) is 24.3 Å². The van der Waals surface area contributed by atoms with E-state index in [0.717, 1.165) is 12.8 Å². The van der Waals surface area contributed by atoms with Crippen LogP contribution in [0.4, 0.5) is 4.39 Å². The van der Waals surface area contributed by atoms with E-state index in [9.17, 15) is 9.50 Å². The van der Waals surface area contributed by atoms with Gasteiger partial charge in [0.25, 0.3) is 0 Å². The molecule has 1 aromatic carbocycles. The lowest BCUT2D eigenvalue weighted by Gasteiger charge is -2.17. The van der Waals surface area contributed by atoms with Crippen LogP contribution in [-0.4, -0.2) is 18.3 Å². The molecule has 0 bridgehead atoms. The van der Waals surface area contributed by atoms with E-state index < -0.39 is 0 Å². The van der Waals surface area contributed by atoms with E-state index in [1.165, 1.54) is 20.0 Å². The molecule has 1 aromatic rings. The number of hydrogen-bond donors (Lipinski definition) is 1. The Bertz CT molecular complexity index is 386. The first-order valence-corrected chi connectivity index (χ1v) is 6.72. The standard InChI is InChI=1S/C15H21FO2/c1-18-14-8-4-7-12(15(14)16)9-10-13(17)11-5-2-3-6-11/h4,7-8,11,13,17H,2-3,5-6,9-10H2,1H3. The summed E-state index contributed by atoms with van der Waals surface area (Å²) in [6.07, 6.45) is 5.57. The molecular formula is C15H21FO2. The molecule has 1 fully saturated rings. The van der Waals surface area contributed by atoms with Crippen molar-refractivity contribution < 1.29 is 14.2 Å². The Hall–Kier alpha value is -1.09. The fourth-order valence-corrected chi connectivity index (χ4v) is 2.79. The molecule has 2 nitrogen and oxygen atoms in total. The number of methoxy groups -OCH3 is 1. The van der Waals surface area contributed by atoms with Gasteiger partial charge in [-0.05, 0) is 43.2 Å². The molecule has 1 saturated carbocycles. The largest absolute Gasteiger partial charge is 0.494 e. The van der Waals surface area contributed by atoms with Gasteiger partial charge in [-0.25, -0.2) is 4.39 Å². The number of halogens is 1. The number of aryl methyl sites for hydroxylation is 1. The third kappa shape index (κ3) is 3.02. The van der Waals surface area contributed by atoms with Crippen molar-refractivity contribution >= 4 is 0 Å². The maximum absolute atomic E-state index is 13.9. The molecule has 18 heavy (non-hydrogen) atoms. The van der Waals surface area contributed by atoms with Crippen LogP contribution in [-0.2, 0) is 6.42 Å². The SMILES string of the molecule is COc1cccc(CCC(O)C2CCCC2)c1F. The summed E-state index contributed by atoms with van der Waals surface area (Å²) in [5.41, 5.74) is 0.631. The quantitative estimate of drug-likeness (QED) is 0.871. The van der Waals surface area contributed by atoms with Crippen LogP contribution in [0.2, 0.25) is 0 Å². The second kappa shape index (κ2) is 6.19. The van der Waals surface area contributed by atoms with Crippen LogP contribution in [0.1, 0.15) is 37.7 Å². The number of rotatable bonds is 5. The van der Waals surface area contributed by atoms with Gasteiger partial charge >= 0.3 is 0 Å². The van der Waals surface area contributed by atoms with Crippen molar-refractivity contribution in [1.82, 2.24) is 0 Å². The van der Waals surface area contributed by atoms with Crippen LogP contribution in [0.15, 0.2) is 18.2 Å². The van der Waals surface area contributed by atoms with Crippen LogP contribution >= 0.6 is 0 Å². The first kappa shape index (κ1) is 13.3. The zero-order valence-corrected chi connectivity index (χ0v) is 10.9. The third-order valence-corrected chi connectivity index (χ3v) is 3.92. The van der Waals surface area contributed by atoms with Gasteiger partial charge in [0.15, 0.2) is 11.6 Å². The number of ether oxygens (including phenoxy) is 1. The minimum Gasteiger partial charge on any atom is -0.494 e. The van der Waals surface area contributed by atoms with Crippen molar-refractivity contribution in [2.45, 2.75) is 44.6 Å². The lowest BCUT2D eigenvalue weighted by atomic mass is 9.95. The van der Waals surface area contributed by atoms with Gasteiger partial charge in [-0.15, -0.1) is 0 Å². The minimum absolute atomic E-state index is 0.280. The molecule has 0 aromatic heterocycles. The van der Waals surface area contributed by atoms with Gasteiger partial charge in [0, 0.05) is 0 Å². The van der Waals surface area contributed by atoms with Gasteiger partial charge in [0.1, 0.15) is 0 Å². The second-order valence-electron chi connectivity index (χ2n) is 5.08. The van der Waals surface area contributed by atoms with Crippen LogP contribution in [0.5, 0.6) is 5.75 Å². The summed E-state index contributed by atoms with van der Waals surface area (Å²) in [4.78, 5) is 0. The van der Waals surface area contributed by atoms with Gasteiger partial charge in [-0.1, -0.05) is 25.0 Å². The summed E-state index contributed by atoms with van der Waals surface area (Å²) in [6.45, 7) is 0. The third-order valence-electron chi connectivity index (χ3n) is 3.92. The predicted molar refractivity (Wildman–Crippen MR) is 69.2 cm³/mol. The van der Waals surface area contributed by atoms with E-state index in [-0.39, 0.29) is 17.7 Å². The highest BCUT2D eigenvalue weighted by Gasteiger charge is 2.23. The average Bonchev–Trinajstić information content (AvgIpc) is 2.91. The normalized spacial score (nSPS) is 17.9. The molecule has 0 radical (unpaired) electrons. The van der Waals surface area contributed by atoms with Gasteiger partial charge in [0.05, 0.1) is 13.2 Å². The maximum Gasteiger partial charge on any atom is 0.168 e. The maximum atomic E-state index is 13.9. The first-order chi connectivity index (χ1) is 8.72. The van der Waals surface area contributed by atoms with Crippen molar-refractivity contribution in [3.8, 4) is 5.75 Å². The molecule has 0 amide bonds. The summed E-state index contributed by atoms with van der Waals surface area (Å²) < 4.78 is 18.8. The number of hydrogen-bond acceptors (Lipinski definition) is 2. The van der Waals surface area contributed by atoms with Crippen molar-refractivity contribution in [1.29, 1.82) is 0 Å². The lowest BCUT2D eigenvalue weighted by molar-refractivity contribution is 0.102. The predicted octanol–water partition coefficient (Wildman–Crippen LogP) is 3.32. The molecule has 0 spiro atoms. The molecule has 0 saturated heterocycles. The average molecular weight is 252 g/mol. The Morgan fingerprint density at radius 3 is 2.78 bits per heavy atom. The number of aliphatic hydroxyl groups is 1. The number of benzene rings is 1. The van der Waals surface area contributed by atoms with Crippen molar-refractivity contribution in [3.63, 3.8) is 0 Å². The highest BCUT2D eigenvalue weighted by Crippen LogP contribution is 2.30. The smallest absolute Gasteiger partial charge is 0.168 e. The molecule has 1 aliphatic rings. The first-order valence-electron chi connectivity index (χ1n) is 6.72. The van der Waals surface area contributed by atoms with Crippen LogP contribution in [0.3, 0.4) is 0 Å². The monoisotopic (exact) mass is 252 g/mol. The Morgan fingerprint density at radius 2 is 2.11 bits per heavy atom. The molecule has 1 atom stereocenters. The fourth-order valence-electron chi connectivity index (χ4n) is 2.79. The van der Waals surface area contributed by atoms with Crippen molar-refractivity contribution in [2.75, 3.05) is 7.11 Å². The fraction of sp³-hybridized carbons (Fsp3) is 0.600. The van der Waals surface area contributed by atoms with Crippen molar-refractivity contribution in [3.05, 3.63) is 29.6 Å². The molecule has 0 heterocycles. The number of aliphatic hydroxyl groups excluding tert-OH is 1. The van der Waals surface area contributed by atoms with Crippen LogP contribution < -0.4 is 4.74 Å². The molecule has 1 N–H and O–H groups in total. The lowest BCUT2D eigenvalue weighted by Crippen LogP contribution is -2.18. The topological polar surface area (TPSA) is 29.5 Å². The second-order valence-corrected chi connectivity index (χ2v) is 5.08. The highest BCUT2D eigenvalue weighted by atomic mass is 19.1. The summed E-state index contributed by atoms with van der Waals surface area (Å²) in [6, 6.07) is 5.17. The van der Waals surface area contributed by atoms with Gasteiger partial charge in [-0.2, -0.15) is 0 Å². The summed E-state index contributed by atoms with van der Waals surface area (Å²) in [7, 11) is 1.47. The zero-order valence-electron chi connectivity index (χ0n) is 10.9. The van der Waals surface area contributed by atoms with Crippen molar-refractivity contribution in [2.24, 2.45) is 5.92 Å². The Labute approximate surface area is 108 Å². The summed E-state index contributed by atoms with van der Waals surface area (Å²) in [5.74, 6) is 0.403. The summed E-state index contributed by atoms with van der Waals surface area (Å²) >= 11 is 0. The van der Waals surface area contributed by atoms with E-state index in [1.807, 2.05) is 0 Å². The van der Waals surface area contributed by atoms with Gasteiger partial charge in [-0.3, -0.25) is 0 Å². The van der Waals surface area contributed by atoms with E-state index in [1.54, 1.807) is 18.2 Å². The minimum atomic E-state index is -0.293. The molecule has 2 rings (SSSR count). The highest BCUT2D eigenvalue weighted by molar-refractivity contribution is 5.31. The van der Waals surface area contributed by atoms with E-state index in [4.69, 9.17) is 4.74 Å². The Kier molecular flexibility index (Phi) is 4.59. The Morgan fingerprint density at radius 1 is 1.39 bits per heavy atom. The zero-order chi connectivity index (χ0) is 13.0. The van der Waals surface area contributed by atoms with E-state index >= 15 is 0 Å². The molecule has 1 aliphatic carbocycles. The van der Waals surface area contributed by atoms with Gasteiger partial charge < -0.3 is 9.84 Å². The Balaban J connectivity index is 1.93. The van der Waals surface area contributed by atoms with Gasteiger partial charge in [0.2, 0.25) is 0 Å². The molecule has 0 aliphatic heterocycles. The molecule has 100 valence electrons. The molecule has 1 unspecified atom stereocenters. The molecular weight excluding hydrogens is 231 g/mol. The van der Waals surface area contributed by atoms with E-state index in [2.05, 4.69) is 0 Å².